The highest BCUT2D eigenvalue weighted by molar-refractivity contribution is 7.89. The molecule has 1 amide bonds. The van der Waals surface area contributed by atoms with Crippen molar-refractivity contribution in [3.05, 3.63) is 89.2 Å². The van der Waals surface area contributed by atoms with Crippen molar-refractivity contribution < 1.29 is 18.3 Å². The monoisotopic (exact) mass is 462 g/mol. The Balaban J connectivity index is 1.55. The maximum atomic E-state index is 12.5. The van der Waals surface area contributed by atoms with Crippen LogP contribution in [-0.2, 0) is 10.0 Å². The number of amides is 1. The molecule has 168 valence electrons. The highest BCUT2D eigenvalue weighted by atomic mass is 32.2. The Labute approximate surface area is 191 Å². The summed E-state index contributed by atoms with van der Waals surface area (Å²) in [6.45, 7) is 3.79. The van der Waals surface area contributed by atoms with Gasteiger partial charge in [-0.15, -0.1) is 0 Å². The van der Waals surface area contributed by atoms with Crippen molar-refractivity contribution in [1.82, 2.24) is 9.99 Å². The number of hydrogen-bond donors (Lipinski definition) is 3. The molecule has 4 rings (SSSR count). The van der Waals surface area contributed by atoms with E-state index >= 15 is 0 Å². The summed E-state index contributed by atoms with van der Waals surface area (Å²) in [4.78, 5) is 12.6. The fourth-order valence-corrected chi connectivity index (χ4v) is 4.25. The molecule has 3 aromatic carbocycles. The fraction of sp³-hybridized carbons (Fsp3) is 0.0833. The number of carbonyl (C=O) groups excluding carboxylic acids is 1. The van der Waals surface area contributed by atoms with Gasteiger partial charge in [-0.1, -0.05) is 24.3 Å². The minimum atomic E-state index is -3.76. The van der Waals surface area contributed by atoms with Crippen LogP contribution in [0.4, 0.5) is 0 Å². The number of phenolic OH excluding ortho intramolecular Hbond substituents is 1. The molecular weight excluding hydrogens is 440 g/mol. The quantitative estimate of drug-likeness (QED) is 0.310. The van der Waals surface area contributed by atoms with E-state index in [0.717, 1.165) is 33.4 Å². The first-order valence-electron chi connectivity index (χ1n) is 10.0. The molecule has 4 N–H and O–H groups in total. The maximum Gasteiger partial charge on any atom is 0.275 e. The number of aryl methyl sites for hydroxylation is 1. The van der Waals surface area contributed by atoms with Gasteiger partial charge in [0.15, 0.2) is 0 Å². The summed E-state index contributed by atoms with van der Waals surface area (Å²) < 4.78 is 24.9. The summed E-state index contributed by atoms with van der Waals surface area (Å²) in [7, 11) is -3.76. The summed E-state index contributed by atoms with van der Waals surface area (Å²) in [5.41, 5.74) is 5.87. The van der Waals surface area contributed by atoms with Crippen LogP contribution in [0.15, 0.2) is 76.7 Å². The Morgan fingerprint density at radius 1 is 1.03 bits per heavy atom. The van der Waals surface area contributed by atoms with E-state index < -0.39 is 15.9 Å². The predicted octanol–water partition coefficient (Wildman–Crippen LogP) is 3.36. The van der Waals surface area contributed by atoms with Crippen LogP contribution in [0.25, 0.3) is 16.5 Å². The lowest BCUT2D eigenvalue weighted by Crippen LogP contribution is -2.17. The van der Waals surface area contributed by atoms with Crippen LogP contribution in [-0.4, -0.2) is 30.2 Å². The van der Waals surface area contributed by atoms with Crippen molar-refractivity contribution in [1.29, 1.82) is 0 Å². The molecule has 33 heavy (non-hydrogen) atoms. The van der Waals surface area contributed by atoms with E-state index in [2.05, 4.69) is 10.5 Å². The number of aromatic hydroxyl groups is 1. The minimum absolute atomic E-state index is 0.0372. The molecule has 0 saturated carbocycles. The first-order chi connectivity index (χ1) is 15.6. The summed E-state index contributed by atoms with van der Waals surface area (Å²) in [5, 5.41) is 21.1. The van der Waals surface area contributed by atoms with Crippen LogP contribution in [0.3, 0.4) is 0 Å². The van der Waals surface area contributed by atoms with E-state index in [-0.39, 0.29) is 16.2 Å². The van der Waals surface area contributed by atoms with E-state index in [9.17, 15) is 18.3 Å². The van der Waals surface area contributed by atoms with Crippen molar-refractivity contribution in [2.45, 2.75) is 18.7 Å². The molecule has 0 radical (unpaired) electrons. The van der Waals surface area contributed by atoms with Gasteiger partial charge in [0.25, 0.3) is 5.91 Å². The van der Waals surface area contributed by atoms with Crippen LogP contribution in [0, 0.1) is 13.8 Å². The molecule has 0 aliphatic carbocycles. The van der Waals surface area contributed by atoms with Gasteiger partial charge in [-0.2, -0.15) is 5.10 Å². The van der Waals surface area contributed by atoms with Gasteiger partial charge in [-0.25, -0.2) is 19.0 Å². The van der Waals surface area contributed by atoms with Gasteiger partial charge < -0.3 is 9.67 Å². The molecule has 0 atom stereocenters. The third-order valence-electron chi connectivity index (χ3n) is 5.37. The number of fused-ring (bicyclic) bond motifs is 1. The van der Waals surface area contributed by atoms with Crippen molar-refractivity contribution in [2.24, 2.45) is 10.2 Å². The van der Waals surface area contributed by atoms with E-state index in [1.165, 1.54) is 18.3 Å². The summed E-state index contributed by atoms with van der Waals surface area (Å²) in [5.74, 6) is -0.649. The van der Waals surface area contributed by atoms with Crippen molar-refractivity contribution in [3.63, 3.8) is 0 Å². The van der Waals surface area contributed by atoms with Crippen LogP contribution in [0.1, 0.15) is 27.3 Å². The lowest BCUT2D eigenvalue weighted by atomic mass is 10.1. The Morgan fingerprint density at radius 2 is 1.67 bits per heavy atom. The van der Waals surface area contributed by atoms with Gasteiger partial charge in [0, 0.05) is 22.6 Å². The molecule has 8 nitrogen and oxygen atoms in total. The predicted molar refractivity (Wildman–Crippen MR) is 127 cm³/mol. The molecule has 0 bridgehead atoms. The molecule has 9 heteroatoms. The van der Waals surface area contributed by atoms with Gasteiger partial charge in [0.05, 0.1) is 16.7 Å². The normalized spacial score (nSPS) is 11.8. The number of nitrogens with one attached hydrogen (secondary N) is 1. The number of nitrogens with zero attached hydrogens (tertiary/aromatic N) is 2. The molecule has 0 aliphatic rings. The number of rotatable bonds is 5. The summed E-state index contributed by atoms with van der Waals surface area (Å²) >= 11 is 0. The fourth-order valence-electron chi connectivity index (χ4n) is 3.73. The number of hydrazone groups is 1. The minimum Gasteiger partial charge on any atom is -0.507 e. The highest BCUT2D eigenvalue weighted by Crippen LogP contribution is 2.25. The Hall–Kier alpha value is -3.95. The molecule has 1 aromatic heterocycles. The average molecular weight is 463 g/mol. The molecule has 4 aromatic rings. The van der Waals surface area contributed by atoms with Gasteiger partial charge in [0.2, 0.25) is 10.0 Å². The number of carbonyl (C=O) groups is 1. The van der Waals surface area contributed by atoms with Gasteiger partial charge in [-0.3, -0.25) is 4.79 Å². The van der Waals surface area contributed by atoms with E-state index in [1.807, 2.05) is 48.7 Å². The highest BCUT2D eigenvalue weighted by Gasteiger charge is 2.14. The van der Waals surface area contributed by atoms with Crippen molar-refractivity contribution in [2.75, 3.05) is 0 Å². The van der Waals surface area contributed by atoms with Crippen molar-refractivity contribution >= 4 is 32.9 Å². The van der Waals surface area contributed by atoms with Gasteiger partial charge in [-0.05, 0) is 67.1 Å². The largest absolute Gasteiger partial charge is 0.507 e. The number of benzene rings is 3. The molecule has 0 saturated heterocycles. The number of nitrogens with two attached hydrogens (primary N) is 1. The second kappa shape index (κ2) is 8.53. The molecular formula is C24H22N4O4S. The first kappa shape index (κ1) is 22.3. The van der Waals surface area contributed by atoms with Gasteiger partial charge >= 0.3 is 0 Å². The average Bonchev–Trinajstić information content (AvgIpc) is 3.05. The zero-order valence-corrected chi connectivity index (χ0v) is 18.8. The molecule has 0 spiro atoms. The standard InChI is InChI=1S/C24H22N4O4S/c1-15-11-19(16(2)28(15)20-7-9-21(10-8-20)33(25,31)32)14-26-27-24(30)22-12-17-5-3-4-6-18(17)13-23(22)29/h3-14,29H,1-2H3,(H,27,30)(H2,25,31,32). The second-order valence-electron chi connectivity index (χ2n) is 7.62. The smallest absolute Gasteiger partial charge is 0.275 e. The Bertz CT molecular complexity index is 1500. The zero-order valence-electron chi connectivity index (χ0n) is 18.0. The van der Waals surface area contributed by atoms with Crippen molar-refractivity contribution in [3.8, 4) is 11.4 Å². The summed E-state index contributed by atoms with van der Waals surface area (Å²) in [6.07, 6.45) is 1.52. The number of aromatic nitrogens is 1. The topological polar surface area (TPSA) is 127 Å². The Kier molecular flexibility index (Phi) is 5.75. The molecule has 0 fully saturated rings. The van der Waals surface area contributed by atoms with Crippen LogP contribution < -0.4 is 10.6 Å². The molecule has 0 unspecified atom stereocenters. The number of sulfonamides is 1. The number of phenols is 1. The maximum absolute atomic E-state index is 12.5. The third-order valence-corrected chi connectivity index (χ3v) is 6.30. The van der Waals surface area contributed by atoms with E-state index in [1.54, 1.807) is 24.3 Å². The van der Waals surface area contributed by atoms with Crippen LogP contribution in [0.2, 0.25) is 0 Å². The number of hydrogen-bond acceptors (Lipinski definition) is 5. The van der Waals surface area contributed by atoms with E-state index in [0.29, 0.717) is 0 Å². The summed E-state index contributed by atoms with van der Waals surface area (Å²) in [6, 6.07) is 18.7. The lowest BCUT2D eigenvalue weighted by Gasteiger charge is -2.10. The third kappa shape index (κ3) is 4.50. The Morgan fingerprint density at radius 3 is 2.30 bits per heavy atom. The first-order valence-corrected chi connectivity index (χ1v) is 11.6. The second-order valence-corrected chi connectivity index (χ2v) is 9.18. The van der Waals surface area contributed by atoms with Crippen LogP contribution >= 0.6 is 0 Å². The molecule has 1 heterocycles. The molecule has 0 aliphatic heterocycles. The van der Waals surface area contributed by atoms with Crippen LogP contribution in [0.5, 0.6) is 5.75 Å². The van der Waals surface area contributed by atoms with Gasteiger partial charge in [0.1, 0.15) is 5.75 Å². The number of primary sulfonamides is 1. The zero-order chi connectivity index (χ0) is 23.8. The van der Waals surface area contributed by atoms with E-state index in [4.69, 9.17) is 5.14 Å². The lowest BCUT2D eigenvalue weighted by molar-refractivity contribution is 0.0952. The SMILES string of the molecule is Cc1cc(C=NNC(=O)c2cc3ccccc3cc2O)c(C)n1-c1ccc(S(N)(=O)=O)cc1.